The minimum absolute atomic E-state index is 0.0137. The van der Waals surface area contributed by atoms with Crippen molar-refractivity contribution >= 4 is 11.8 Å². The van der Waals surface area contributed by atoms with Gasteiger partial charge < -0.3 is 5.32 Å². The number of imide groups is 1. The summed E-state index contributed by atoms with van der Waals surface area (Å²) in [5.74, 6) is 0.0273. The standard InChI is InChI=1S/C11H18N2O2/c1-11(4-6-12-7-5-11)8-13-9(14)2-3-10(13)15/h12H,2-8H2,1H3. The van der Waals surface area contributed by atoms with Crippen LogP contribution in [0.3, 0.4) is 0 Å². The third-order valence-electron chi connectivity index (χ3n) is 3.51. The van der Waals surface area contributed by atoms with Crippen molar-refractivity contribution in [3.63, 3.8) is 0 Å². The van der Waals surface area contributed by atoms with Crippen LogP contribution in [0.25, 0.3) is 0 Å². The topological polar surface area (TPSA) is 49.4 Å². The molecule has 2 heterocycles. The van der Waals surface area contributed by atoms with Gasteiger partial charge in [-0.2, -0.15) is 0 Å². The predicted molar refractivity (Wildman–Crippen MR) is 56.2 cm³/mol. The molecular formula is C11H18N2O2. The van der Waals surface area contributed by atoms with Gasteiger partial charge >= 0.3 is 0 Å². The summed E-state index contributed by atoms with van der Waals surface area (Å²) in [6.45, 7) is 4.78. The van der Waals surface area contributed by atoms with Crippen molar-refractivity contribution in [3.05, 3.63) is 0 Å². The Kier molecular flexibility index (Phi) is 2.78. The second-order valence-electron chi connectivity index (χ2n) is 4.93. The Morgan fingerprint density at radius 2 is 1.73 bits per heavy atom. The van der Waals surface area contributed by atoms with E-state index in [1.807, 2.05) is 0 Å². The summed E-state index contributed by atoms with van der Waals surface area (Å²) >= 11 is 0. The van der Waals surface area contributed by atoms with Gasteiger partial charge in [0.25, 0.3) is 0 Å². The lowest BCUT2D eigenvalue weighted by atomic mass is 9.80. The first-order chi connectivity index (χ1) is 7.11. The van der Waals surface area contributed by atoms with E-state index in [1.54, 1.807) is 0 Å². The molecule has 2 rings (SSSR count). The van der Waals surface area contributed by atoms with E-state index in [9.17, 15) is 9.59 Å². The number of hydrogen-bond acceptors (Lipinski definition) is 3. The van der Waals surface area contributed by atoms with Crippen LogP contribution in [-0.2, 0) is 9.59 Å². The van der Waals surface area contributed by atoms with Gasteiger partial charge in [0.05, 0.1) is 0 Å². The summed E-state index contributed by atoms with van der Waals surface area (Å²) in [6, 6.07) is 0. The summed E-state index contributed by atoms with van der Waals surface area (Å²) in [7, 11) is 0. The number of piperidine rings is 1. The minimum Gasteiger partial charge on any atom is -0.317 e. The van der Waals surface area contributed by atoms with Crippen LogP contribution >= 0.6 is 0 Å². The molecule has 0 spiro atoms. The van der Waals surface area contributed by atoms with Gasteiger partial charge in [-0.05, 0) is 31.3 Å². The molecule has 0 aromatic heterocycles. The maximum absolute atomic E-state index is 11.5. The Bertz CT molecular complexity index is 266. The molecule has 4 nitrogen and oxygen atoms in total. The number of nitrogens with one attached hydrogen (secondary N) is 1. The van der Waals surface area contributed by atoms with E-state index >= 15 is 0 Å². The van der Waals surface area contributed by atoms with Crippen molar-refractivity contribution in [3.8, 4) is 0 Å². The van der Waals surface area contributed by atoms with Crippen molar-refractivity contribution < 1.29 is 9.59 Å². The van der Waals surface area contributed by atoms with Crippen LogP contribution in [0.1, 0.15) is 32.6 Å². The fourth-order valence-electron chi connectivity index (χ4n) is 2.37. The fourth-order valence-corrected chi connectivity index (χ4v) is 2.37. The normalized spacial score (nSPS) is 26.1. The lowest BCUT2D eigenvalue weighted by Crippen LogP contribution is -2.44. The van der Waals surface area contributed by atoms with Gasteiger partial charge in [-0.25, -0.2) is 0 Å². The average Bonchev–Trinajstić information content (AvgIpc) is 2.50. The first kappa shape index (κ1) is 10.6. The van der Waals surface area contributed by atoms with E-state index < -0.39 is 0 Å². The Balaban J connectivity index is 2.00. The van der Waals surface area contributed by atoms with Crippen LogP contribution in [0.4, 0.5) is 0 Å². The number of amides is 2. The van der Waals surface area contributed by atoms with Crippen LogP contribution in [0.5, 0.6) is 0 Å². The lowest BCUT2D eigenvalue weighted by molar-refractivity contribution is -0.140. The molecular weight excluding hydrogens is 192 g/mol. The van der Waals surface area contributed by atoms with Crippen molar-refractivity contribution in [2.24, 2.45) is 5.41 Å². The number of carbonyl (C=O) groups excluding carboxylic acids is 2. The van der Waals surface area contributed by atoms with E-state index in [4.69, 9.17) is 0 Å². The summed E-state index contributed by atoms with van der Waals surface area (Å²) in [4.78, 5) is 24.4. The monoisotopic (exact) mass is 210 g/mol. The second kappa shape index (κ2) is 3.93. The largest absolute Gasteiger partial charge is 0.317 e. The molecule has 4 heteroatoms. The number of likely N-dealkylation sites (tertiary alicyclic amines) is 1. The molecule has 1 N–H and O–H groups in total. The predicted octanol–water partition coefficient (Wildman–Crippen LogP) is 0.525. The van der Waals surface area contributed by atoms with Gasteiger partial charge in [-0.15, -0.1) is 0 Å². The summed E-state index contributed by atoms with van der Waals surface area (Å²) in [6.07, 6.45) is 2.91. The third kappa shape index (κ3) is 2.20. The number of carbonyl (C=O) groups is 2. The lowest BCUT2D eigenvalue weighted by Gasteiger charge is -2.36. The number of rotatable bonds is 2. The molecule has 2 fully saturated rings. The van der Waals surface area contributed by atoms with Crippen LogP contribution in [0, 0.1) is 5.41 Å². The Labute approximate surface area is 90.0 Å². The van der Waals surface area contributed by atoms with Crippen molar-refractivity contribution in [2.75, 3.05) is 19.6 Å². The number of nitrogens with zero attached hydrogens (tertiary/aromatic N) is 1. The van der Waals surface area contributed by atoms with E-state index in [0.717, 1.165) is 25.9 Å². The molecule has 0 atom stereocenters. The Morgan fingerprint density at radius 3 is 2.27 bits per heavy atom. The minimum atomic E-state index is 0.0137. The van der Waals surface area contributed by atoms with Crippen molar-refractivity contribution in [2.45, 2.75) is 32.6 Å². The molecule has 0 bridgehead atoms. The zero-order chi connectivity index (χ0) is 10.9. The Morgan fingerprint density at radius 1 is 1.20 bits per heavy atom. The molecule has 2 aliphatic heterocycles. The molecule has 0 unspecified atom stereocenters. The second-order valence-corrected chi connectivity index (χ2v) is 4.93. The van der Waals surface area contributed by atoms with Gasteiger partial charge in [0, 0.05) is 19.4 Å². The molecule has 2 saturated heterocycles. The molecule has 2 amide bonds. The summed E-state index contributed by atoms with van der Waals surface area (Å²) in [5, 5.41) is 3.30. The highest BCUT2D eigenvalue weighted by Gasteiger charge is 2.36. The van der Waals surface area contributed by atoms with Crippen LogP contribution < -0.4 is 5.32 Å². The van der Waals surface area contributed by atoms with E-state index in [-0.39, 0.29) is 17.2 Å². The van der Waals surface area contributed by atoms with Gasteiger partial charge in [-0.1, -0.05) is 6.92 Å². The molecule has 0 aliphatic carbocycles. The maximum Gasteiger partial charge on any atom is 0.229 e. The van der Waals surface area contributed by atoms with E-state index in [0.29, 0.717) is 19.4 Å². The summed E-state index contributed by atoms with van der Waals surface area (Å²) < 4.78 is 0. The number of hydrogen-bond donors (Lipinski definition) is 1. The molecule has 0 aromatic carbocycles. The highest BCUT2D eigenvalue weighted by Crippen LogP contribution is 2.30. The molecule has 84 valence electrons. The van der Waals surface area contributed by atoms with Crippen molar-refractivity contribution in [1.29, 1.82) is 0 Å². The van der Waals surface area contributed by atoms with Gasteiger partial charge in [0.15, 0.2) is 0 Å². The quantitative estimate of drug-likeness (QED) is 0.676. The van der Waals surface area contributed by atoms with Crippen molar-refractivity contribution in [1.82, 2.24) is 10.2 Å². The average molecular weight is 210 g/mol. The molecule has 0 radical (unpaired) electrons. The molecule has 0 saturated carbocycles. The van der Waals surface area contributed by atoms with Gasteiger partial charge in [-0.3, -0.25) is 14.5 Å². The zero-order valence-electron chi connectivity index (χ0n) is 9.21. The van der Waals surface area contributed by atoms with Crippen LogP contribution in [0.2, 0.25) is 0 Å². The van der Waals surface area contributed by atoms with Gasteiger partial charge in [0.2, 0.25) is 11.8 Å². The Hall–Kier alpha value is -0.900. The smallest absolute Gasteiger partial charge is 0.229 e. The first-order valence-electron chi connectivity index (χ1n) is 5.65. The maximum atomic E-state index is 11.5. The molecule has 0 aromatic rings. The fraction of sp³-hybridized carbons (Fsp3) is 0.818. The van der Waals surface area contributed by atoms with Crippen LogP contribution in [0.15, 0.2) is 0 Å². The first-order valence-corrected chi connectivity index (χ1v) is 5.65. The highest BCUT2D eigenvalue weighted by atomic mass is 16.2. The molecule has 2 aliphatic rings. The third-order valence-corrected chi connectivity index (χ3v) is 3.51. The van der Waals surface area contributed by atoms with Crippen LogP contribution in [-0.4, -0.2) is 36.3 Å². The molecule has 15 heavy (non-hydrogen) atoms. The highest BCUT2D eigenvalue weighted by molar-refractivity contribution is 6.01. The zero-order valence-corrected chi connectivity index (χ0v) is 9.21. The van der Waals surface area contributed by atoms with E-state index in [1.165, 1.54) is 4.90 Å². The van der Waals surface area contributed by atoms with E-state index in [2.05, 4.69) is 12.2 Å². The summed E-state index contributed by atoms with van der Waals surface area (Å²) in [5.41, 5.74) is 0.126. The van der Waals surface area contributed by atoms with Gasteiger partial charge in [0.1, 0.15) is 0 Å². The SMILES string of the molecule is CC1(CN2C(=O)CCC2=O)CCNCC1.